The first-order chi connectivity index (χ1) is 13.0. The van der Waals surface area contributed by atoms with Gasteiger partial charge in [0, 0.05) is 11.4 Å². The van der Waals surface area contributed by atoms with Crippen LogP contribution in [-0.2, 0) is 11.2 Å². The summed E-state index contributed by atoms with van der Waals surface area (Å²) in [5.74, 6) is -0.784. The Balaban J connectivity index is 1.87. The number of nitrogens with zero attached hydrogens (tertiary/aromatic N) is 4. The minimum atomic E-state index is -0.457. The van der Waals surface area contributed by atoms with E-state index in [1.165, 1.54) is 13.4 Å². The van der Waals surface area contributed by atoms with Crippen LogP contribution in [0, 0.1) is 13.8 Å². The summed E-state index contributed by atoms with van der Waals surface area (Å²) in [5, 5.41) is 14.0. The predicted molar refractivity (Wildman–Crippen MR) is 98.1 cm³/mol. The van der Waals surface area contributed by atoms with Crippen molar-refractivity contribution < 1.29 is 14.3 Å². The Kier molecular flexibility index (Phi) is 5.02. The number of H-pyrrole nitrogens is 1. The Morgan fingerprint density at radius 1 is 1.30 bits per heavy atom. The molecule has 2 heterocycles. The Hall–Kier alpha value is -3.49. The highest BCUT2D eigenvalue weighted by Gasteiger charge is 2.23. The van der Waals surface area contributed by atoms with E-state index in [9.17, 15) is 9.59 Å². The molecule has 0 atom stereocenters. The molecule has 0 saturated carbocycles. The molecule has 0 aliphatic heterocycles. The number of aromatic amines is 1. The number of benzene rings is 1. The number of rotatable bonds is 5. The number of tetrazole rings is 1. The first-order valence-electron chi connectivity index (χ1n) is 8.41. The Morgan fingerprint density at radius 2 is 2.07 bits per heavy atom. The number of anilines is 1. The van der Waals surface area contributed by atoms with E-state index in [-0.39, 0.29) is 5.91 Å². The van der Waals surface area contributed by atoms with Crippen LogP contribution in [0.5, 0.6) is 0 Å². The lowest BCUT2D eigenvalue weighted by Crippen LogP contribution is -2.14. The van der Waals surface area contributed by atoms with E-state index in [2.05, 4.69) is 25.8 Å². The van der Waals surface area contributed by atoms with E-state index in [4.69, 9.17) is 4.74 Å². The number of hydrogen-bond acceptors (Lipinski definition) is 6. The van der Waals surface area contributed by atoms with Gasteiger partial charge in [0.2, 0.25) is 0 Å². The molecule has 1 aromatic carbocycles. The number of esters is 1. The Bertz CT molecular complexity index is 991. The smallest absolute Gasteiger partial charge is 0.339 e. The van der Waals surface area contributed by atoms with Crippen LogP contribution in [0.2, 0.25) is 0 Å². The van der Waals surface area contributed by atoms with Crippen LogP contribution in [0.3, 0.4) is 0 Å². The van der Waals surface area contributed by atoms with Crippen LogP contribution < -0.4 is 5.32 Å². The molecule has 0 saturated heterocycles. The lowest BCUT2D eigenvalue weighted by molar-refractivity contribution is 0.0599. The van der Waals surface area contributed by atoms with E-state index >= 15 is 0 Å². The van der Waals surface area contributed by atoms with Gasteiger partial charge in [-0.25, -0.2) is 9.48 Å². The maximum atomic E-state index is 12.7. The van der Waals surface area contributed by atoms with Crippen molar-refractivity contribution in [1.29, 1.82) is 0 Å². The highest BCUT2D eigenvalue weighted by atomic mass is 16.5. The number of nitrogens with one attached hydrogen (secondary N) is 2. The van der Waals surface area contributed by atoms with Crippen molar-refractivity contribution in [2.45, 2.75) is 27.2 Å². The summed E-state index contributed by atoms with van der Waals surface area (Å²) in [7, 11) is 1.32. The molecule has 3 rings (SSSR count). The zero-order chi connectivity index (χ0) is 19.6. The molecule has 0 spiro atoms. The fraction of sp³-hybridized carbons (Fsp3) is 0.278. The fourth-order valence-electron chi connectivity index (χ4n) is 2.98. The molecule has 9 heteroatoms. The molecular weight excluding hydrogens is 348 g/mol. The number of aromatic nitrogens is 5. The zero-order valence-corrected chi connectivity index (χ0v) is 15.5. The summed E-state index contributed by atoms with van der Waals surface area (Å²) in [4.78, 5) is 27.8. The summed E-state index contributed by atoms with van der Waals surface area (Å²) in [6.07, 6.45) is 2.09. The van der Waals surface area contributed by atoms with Gasteiger partial charge in [-0.3, -0.25) is 4.79 Å². The lowest BCUT2D eigenvalue weighted by Gasteiger charge is -2.09. The molecule has 0 bridgehead atoms. The van der Waals surface area contributed by atoms with Gasteiger partial charge < -0.3 is 15.0 Å². The van der Waals surface area contributed by atoms with Crippen molar-refractivity contribution in [3.05, 3.63) is 52.6 Å². The third kappa shape index (κ3) is 3.43. The van der Waals surface area contributed by atoms with Crippen molar-refractivity contribution in [3.63, 3.8) is 0 Å². The van der Waals surface area contributed by atoms with Crippen molar-refractivity contribution in [1.82, 2.24) is 25.2 Å². The van der Waals surface area contributed by atoms with Crippen LogP contribution in [0.25, 0.3) is 5.69 Å². The maximum Gasteiger partial charge on any atom is 0.339 e. The third-order valence-corrected chi connectivity index (χ3v) is 4.35. The molecule has 0 fully saturated rings. The van der Waals surface area contributed by atoms with Crippen LogP contribution in [-0.4, -0.2) is 44.2 Å². The quantitative estimate of drug-likeness (QED) is 0.667. The normalized spacial score (nSPS) is 10.7. The molecular formula is C18H20N6O3. The molecule has 140 valence electrons. The molecule has 0 aliphatic carbocycles. The zero-order valence-electron chi connectivity index (χ0n) is 15.5. The van der Waals surface area contributed by atoms with Gasteiger partial charge in [-0.15, -0.1) is 5.10 Å². The molecule has 2 aromatic heterocycles. The average molecular weight is 368 g/mol. The molecule has 0 unspecified atom stereocenters. The van der Waals surface area contributed by atoms with Gasteiger partial charge in [-0.1, -0.05) is 6.92 Å². The molecule has 9 nitrogen and oxygen atoms in total. The largest absolute Gasteiger partial charge is 0.465 e. The van der Waals surface area contributed by atoms with Crippen LogP contribution in [0.4, 0.5) is 5.69 Å². The van der Waals surface area contributed by atoms with Crippen molar-refractivity contribution in [2.75, 3.05) is 12.4 Å². The second kappa shape index (κ2) is 7.40. The number of hydrogen-bond donors (Lipinski definition) is 2. The number of ether oxygens (including phenoxy) is 1. The van der Waals surface area contributed by atoms with E-state index in [0.29, 0.717) is 34.6 Å². The van der Waals surface area contributed by atoms with Crippen LogP contribution >= 0.6 is 0 Å². The summed E-state index contributed by atoms with van der Waals surface area (Å²) in [6, 6.07) is 5.41. The monoisotopic (exact) mass is 368 g/mol. The van der Waals surface area contributed by atoms with Gasteiger partial charge in [0.05, 0.1) is 18.4 Å². The second-order valence-electron chi connectivity index (χ2n) is 6.03. The molecule has 27 heavy (non-hydrogen) atoms. The minimum Gasteiger partial charge on any atom is -0.465 e. The highest BCUT2D eigenvalue weighted by Crippen LogP contribution is 2.22. The first kappa shape index (κ1) is 18.3. The summed E-state index contributed by atoms with van der Waals surface area (Å²) < 4.78 is 6.37. The van der Waals surface area contributed by atoms with Gasteiger partial charge in [0.1, 0.15) is 12.0 Å². The molecule has 2 N–H and O–H groups in total. The van der Waals surface area contributed by atoms with Gasteiger partial charge in [-0.2, -0.15) is 0 Å². The third-order valence-electron chi connectivity index (χ3n) is 4.35. The number of aryl methyl sites for hydroxylation is 2. The molecule has 0 radical (unpaired) electrons. The van der Waals surface area contributed by atoms with Crippen molar-refractivity contribution >= 4 is 17.6 Å². The van der Waals surface area contributed by atoms with E-state index < -0.39 is 5.97 Å². The van der Waals surface area contributed by atoms with E-state index in [1.54, 1.807) is 17.7 Å². The number of carbonyl (C=O) groups excluding carboxylic acids is 2. The predicted octanol–water partition coefficient (Wildman–Crippen LogP) is 2.21. The van der Waals surface area contributed by atoms with Gasteiger partial charge in [-0.05, 0) is 60.0 Å². The van der Waals surface area contributed by atoms with E-state index in [0.717, 1.165) is 11.3 Å². The first-order valence-corrected chi connectivity index (χ1v) is 8.41. The van der Waals surface area contributed by atoms with Crippen molar-refractivity contribution in [3.8, 4) is 5.69 Å². The lowest BCUT2D eigenvalue weighted by atomic mass is 10.1. The second-order valence-corrected chi connectivity index (χ2v) is 6.03. The summed E-state index contributed by atoms with van der Waals surface area (Å²) in [6.45, 7) is 5.53. The fourth-order valence-corrected chi connectivity index (χ4v) is 2.98. The number of carbonyl (C=O) groups is 2. The maximum absolute atomic E-state index is 12.7. The highest BCUT2D eigenvalue weighted by molar-refractivity contribution is 6.06. The Morgan fingerprint density at radius 3 is 2.67 bits per heavy atom. The SMILES string of the molecule is CCc1[nH]c(C(=O)Nc2ccc(-n3cnnn3)c(C)c2)c(C)c1C(=O)OC. The van der Waals surface area contributed by atoms with Crippen molar-refractivity contribution in [2.24, 2.45) is 0 Å². The van der Waals surface area contributed by atoms with Gasteiger partial charge in [0.25, 0.3) is 5.91 Å². The van der Waals surface area contributed by atoms with Gasteiger partial charge in [0.15, 0.2) is 0 Å². The standard InChI is InChI=1S/C18H20N6O3/c1-5-13-15(18(26)27-4)11(3)16(21-13)17(25)20-12-6-7-14(10(2)8-12)24-9-19-22-23-24/h6-9,21H,5H2,1-4H3,(H,20,25). The van der Waals surface area contributed by atoms with Crippen LogP contribution in [0.1, 0.15) is 44.6 Å². The average Bonchev–Trinajstić information content (AvgIpc) is 3.29. The van der Waals surface area contributed by atoms with E-state index in [1.807, 2.05) is 26.0 Å². The summed E-state index contributed by atoms with van der Waals surface area (Å²) in [5.41, 5.74) is 4.34. The van der Waals surface area contributed by atoms with Gasteiger partial charge >= 0.3 is 5.97 Å². The molecule has 0 aliphatic rings. The minimum absolute atomic E-state index is 0.327. The number of methoxy groups -OCH3 is 1. The summed E-state index contributed by atoms with van der Waals surface area (Å²) >= 11 is 0. The number of amides is 1. The van der Waals surface area contributed by atoms with Crippen LogP contribution in [0.15, 0.2) is 24.5 Å². The molecule has 1 amide bonds. The molecule has 3 aromatic rings. The Labute approximate surface area is 155 Å². The topological polar surface area (TPSA) is 115 Å².